The zero-order chi connectivity index (χ0) is 22.1. The van der Waals surface area contributed by atoms with Gasteiger partial charge >= 0.3 is 5.97 Å². The highest BCUT2D eigenvalue weighted by atomic mass is 32.2. The number of carbonyl (C=O) groups is 3. The smallest absolute Gasteiger partial charge is 0.326 e. The normalized spacial score (nSPS) is 17.7. The molecule has 0 spiro atoms. The molecule has 0 saturated carbocycles. The van der Waals surface area contributed by atoms with E-state index in [9.17, 15) is 19.5 Å². The second-order valence-corrected chi connectivity index (χ2v) is 8.82. The third-order valence-corrected chi connectivity index (χ3v) is 6.18. The lowest BCUT2D eigenvalue weighted by molar-refractivity contribution is -0.146. The van der Waals surface area contributed by atoms with Crippen LogP contribution in [0.5, 0.6) is 0 Å². The first-order valence-electron chi connectivity index (χ1n) is 10.1. The van der Waals surface area contributed by atoms with Crippen molar-refractivity contribution in [2.24, 2.45) is 0 Å². The highest BCUT2D eigenvalue weighted by molar-refractivity contribution is 7.98. The van der Waals surface area contributed by atoms with Gasteiger partial charge in [0.2, 0.25) is 11.8 Å². The predicted molar refractivity (Wildman–Crippen MR) is 123 cm³/mol. The molecule has 9 heteroatoms. The van der Waals surface area contributed by atoms with Crippen molar-refractivity contribution in [3.63, 3.8) is 0 Å². The molecule has 2 rings (SSSR count). The Morgan fingerprint density at radius 2 is 2.00 bits per heavy atom. The summed E-state index contributed by atoms with van der Waals surface area (Å²) in [4.78, 5) is 39.4. The van der Waals surface area contributed by atoms with Crippen molar-refractivity contribution in [2.45, 2.75) is 50.9 Å². The van der Waals surface area contributed by atoms with Crippen molar-refractivity contribution < 1.29 is 19.5 Å². The quantitative estimate of drug-likeness (QED) is 0.300. The molecule has 0 saturated heterocycles. The predicted octanol–water partition coefficient (Wildman–Crippen LogP) is 1.56. The molecule has 166 valence electrons. The Bertz CT molecular complexity index is 747. The molecular weight excluding hydrogens is 422 g/mol. The van der Waals surface area contributed by atoms with E-state index in [2.05, 4.69) is 23.3 Å². The fourth-order valence-corrected chi connectivity index (χ4v) is 4.11. The van der Waals surface area contributed by atoms with Gasteiger partial charge in [-0.15, -0.1) is 0 Å². The van der Waals surface area contributed by atoms with Crippen molar-refractivity contribution in [3.8, 4) is 0 Å². The number of fused-ring (bicyclic) bond motifs is 1. The second-order valence-electron chi connectivity index (χ2n) is 7.39. The Morgan fingerprint density at radius 1 is 1.30 bits per heavy atom. The maximum absolute atomic E-state index is 13.2. The van der Waals surface area contributed by atoms with Crippen LogP contribution in [0.15, 0.2) is 24.3 Å². The van der Waals surface area contributed by atoms with E-state index in [1.807, 2.05) is 30.5 Å². The van der Waals surface area contributed by atoms with Crippen LogP contribution in [0.3, 0.4) is 0 Å². The number of thioether (sulfide) groups is 1. The number of carboxylic acids is 1. The van der Waals surface area contributed by atoms with Gasteiger partial charge in [0, 0.05) is 13.0 Å². The van der Waals surface area contributed by atoms with E-state index in [0.717, 1.165) is 23.3 Å². The summed E-state index contributed by atoms with van der Waals surface area (Å²) in [6.45, 7) is 2.77. The number of rotatable bonds is 11. The van der Waals surface area contributed by atoms with Gasteiger partial charge < -0.3 is 20.6 Å². The van der Waals surface area contributed by atoms with Gasteiger partial charge in [0.05, 0.1) is 6.04 Å². The monoisotopic (exact) mass is 453 g/mol. The molecule has 1 aliphatic rings. The maximum atomic E-state index is 13.2. The van der Waals surface area contributed by atoms with Crippen LogP contribution in [-0.2, 0) is 27.3 Å². The van der Waals surface area contributed by atoms with Crippen LogP contribution in [-0.4, -0.2) is 70.2 Å². The highest BCUT2D eigenvalue weighted by Crippen LogP contribution is 2.24. The molecule has 7 nitrogen and oxygen atoms in total. The van der Waals surface area contributed by atoms with Crippen molar-refractivity contribution in [2.75, 3.05) is 24.3 Å². The largest absolute Gasteiger partial charge is 0.480 e. The lowest BCUT2D eigenvalue weighted by Crippen LogP contribution is -2.58. The molecule has 0 bridgehead atoms. The number of hydrogen-bond acceptors (Lipinski definition) is 6. The molecule has 0 fully saturated rings. The van der Waals surface area contributed by atoms with Crippen LogP contribution >= 0.6 is 24.4 Å². The van der Waals surface area contributed by atoms with Gasteiger partial charge in [0.25, 0.3) is 0 Å². The topological polar surface area (TPSA) is 98.7 Å². The lowest BCUT2D eigenvalue weighted by Gasteiger charge is -2.38. The Hall–Kier alpha value is -1.71. The third-order valence-electron chi connectivity index (χ3n) is 5.22. The minimum atomic E-state index is -1.06. The minimum absolute atomic E-state index is 0.167. The van der Waals surface area contributed by atoms with E-state index in [4.69, 9.17) is 0 Å². The van der Waals surface area contributed by atoms with Gasteiger partial charge in [-0.3, -0.25) is 9.59 Å². The van der Waals surface area contributed by atoms with Crippen LogP contribution in [0.1, 0.15) is 30.9 Å². The number of amides is 2. The number of nitrogens with one attached hydrogen (secondary N) is 2. The van der Waals surface area contributed by atoms with Crippen molar-refractivity contribution in [1.82, 2.24) is 15.5 Å². The number of aliphatic carboxylic acids is 1. The van der Waals surface area contributed by atoms with E-state index < -0.39 is 30.0 Å². The molecule has 3 N–H and O–H groups in total. The Morgan fingerprint density at radius 3 is 2.63 bits per heavy atom. The summed E-state index contributed by atoms with van der Waals surface area (Å²) in [6, 6.07) is 5.58. The number of benzene rings is 1. The minimum Gasteiger partial charge on any atom is -0.480 e. The number of carbonyl (C=O) groups excluding carboxylic acids is 2. The number of nitrogens with zero attached hydrogens (tertiary/aromatic N) is 1. The Labute approximate surface area is 187 Å². The molecule has 3 atom stereocenters. The van der Waals surface area contributed by atoms with Gasteiger partial charge in [-0.05, 0) is 55.2 Å². The van der Waals surface area contributed by atoms with E-state index >= 15 is 0 Å². The zero-order valence-corrected chi connectivity index (χ0v) is 19.2. The van der Waals surface area contributed by atoms with Crippen LogP contribution in [0.4, 0.5) is 0 Å². The number of hydrogen-bond donors (Lipinski definition) is 4. The van der Waals surface area contributed by atoms with Crippen molar-refractivity contribution in [1.29, 1.82) is 0 Å². The van der Waals surface area contributed by atoms with Gasteiger partial charge in [-0.2, -0.15) is 24.4 Å². The van der Waals surface area contributed by atoms with Crippen LogP contribution in [0.2, 0.25) is 0 Å². The van der Waals surface area contributed by atoms with Gasteiger partial charge in [-0.1, -0.05) is 24.3 Å². The summed E-state index contributed by atoms with van der Waals surface area (Å²) >= 11 is 5.71. The first-order valence-corrected chi connectivity index (χ1v) is 12.1. The zero-order valence-electron chi connectivity index (χ0n) is 17.5. The molecular formula is C21H31N3O4S2. The first-order chi connectivity index (χ1) is 14.4. The average Bonchev–Trinajstić information content (AvgIpc) is 2.74. The molecule has 1 heterocycles. The van der Waals surface area contributed by atoms with Crippen molar-refractivity contribution in [3.05, 3.63) is 35.4 Å². The van der Waals surface area contributed by atoms with Gasteiger partial charge in [-0.25, -0.2) is 4.79 Å². The van der Waals surface area contributed by atoms with E-state index in [1.165, 1.54) is 11.8 Å². The molecule has 1 aromatic rings. The number of thiol groups is 1. The third kappa shape index (κ3) is 6.65. The standard InChI is InChI=1S/C21H31N3O4S2/c1-14(22-9-5-10-29)20(26)24-13-16-7-4-3-6-15(16)12-18(24)19(25)23-17(21(27)28)8-11-30-2/h3-4,6-7,14,17-18,22,29H,5,8-13H2,1-2H3,(H,23,25)(H,27,28)/t14-,17+,18?/m0/s1. The lowest BCUT2D eigenvalue weighted by atomic mass is 9.92. The summed E-state index contributed by atoms with van der Waals surface area (Å²) in [7, 11) is 0. The van der Waals surface area contributed by atoms with E-state index in [1.54, 1.807) is 11.8 Å². The average molecular weight is 454 g/mol. The van der Waals surface area contributed by atoms with Crippen LogP contribution in [0, 0.1) is 0 Å². The SMILES string of the molecule is CSCC[C@@H](NC(=O)C1Cc2ccccc2CN1C(=O)[C@H](C)NCCCS)C(=O)O. The van der Waals surface area contributed by atoms with Gasteiger partial charge in [0.15, 0.2) is 0 Å². The summed E-state index contributed by atoms with van der Waals surface area (Å²) in [6.07, 6.45) is 3.43. The maximum Gasteiger partial charge on any atom is 0.326 e. The first kappa shape index (κ1) is 24.6. The number of carboxylic acid groups (broad SMARTS) is 1. The Balaban J connectivity index is 2.20. The molecule has 30 heavy (non-hydrogen) atoms. The fourth-order valence-electron chi connectivity index (χ4n) is 3.48. The van der Waals surface area contributed by atoms with Crippen LogP contribution in [0.25, 0.3) is 0 Å². The van der Waals surface area contributed by atoms with Gasteiger partial charge in [0.1, 0.15) is 12.1 Å². The molecule has 2 amide bonds. The van der Waals surface area contributed by atoms with Crippen LogP contribution < -0.4 is 10.6 Å². The molecule has 0 radical (unpaired) electrons. The molecule has 0 aromatic heterocycles. The van der Waals surface area contributed by atoms with E-state index in [0.29, 0.717) is 31.7 Å². The molecule has 1 aliphatic heterocycles. The second kappa shape index (κ2) is 12.2. The highest BCUT2D eigenvalue weighted by Gasteiger charge is 2.37. The summed E-state index contributed by atoms with van der Waals surface area (Å²) in [5.41, 5.74) is 2.02. The Kier molecular flexibility index (Phi) is 10.0. The molecule has 1 unspecified atom stereocenters. The summed E-state index contributed by atoms with van der Waals surface area (Å²) < 4.78 is 0. The van der Waals surface area contributed by atoms with E-state index in [-0.39, 0.29) is 5.91 Å². The van der Waals surface area contributed by atoms with Crippen molar-refractivity contribution >= 4 is 42.2 Å². The fraction of sp³-hybridized carbons (Fsp3) is 0.571. The summed E-state index contributed by atoms with van der Waals surface area (Å²) in [5.74, 6) is -0.302. The molecule has 1 aromatic carbocycles. The molecule has 0 aliphatic carbocycles. The summed E-state index contributed by atoms with van der Waals surface area (Å²) in [5, 5.41) is 15.3.